The highest BCUT2D eigenvalue weighted by molar-refractivity contribution is 8.76. The number of nitrogens with zero attached hydrogens (tertiary/aromatic N) is 4. The van der Waals surface area contributed by atoms with Gasteiger partial charge in [0.25, 0.3) is 0 Å². The first-order chi connectivity index (χ1) is 23.7. The molecule has 0 atom stereocenters. The molecule has 0 aliphatic carbocycles. The van der Waals surface area contributed by atoms with Gasteiger partial charge in [-0.1, -0.05) is 106 Å². The van der Waals surface area contributed by atoms with Gasteiger partial charge in [-0.3, -0.25) is 9.59 Å². The minimum atomic E-state index is 0.187. The van der Waals surface area contributed by atoms with Crippen molar-refractivity contribution in [2.75, 3.05) is 38.7 Å². The Kier molecular flexibility index (Phi) is 15.8. The molecule has 0 aliphatic rings. The Morgan fingerprint density at radius 2 is 1.12 bits per heavy atom. The number of aromatic nitrogens is 2. The summed E-state index contributed by atoms with van der Waals surface area (Å²) in [6, 6.07) is 23.3. The molecule has 0 bridgehead atoms. The van der Waals surface area contributed by atoms with E-state index in [1.807, 2.05) is 23.9 Å². The minimum Gasteiger partial charge on any atom is -0.352 e. The zero-order valence-electron chi connectivity index (χ0n) is 29.5. The lowest BCUT2D eigenvalue weighted by Crippen LogP contribution is -2.40. The third-order valence-electron chi connectivity index (χ3n) is 8.34. The number of hydrogen-bond acceptors (Lipinski definition) is 4. The van der Waals surface area contributed by atoms with E-state index in [-0.39, 0.29) is 11.8 Å². The van der Waals surface area contributed by atoms with Crippen molar-refractivity contribution in [3.63, 3.8) is 0 Å². The number of amides is 2. The summed E-state index contributed by atoms with van der Waals surface area (Å²) in [5.41, 5.74) is 7.20. The topological polar surface area (TPSA) is 49.4 Å². The third-order valence-corrected chi connectivity index (χ3v) is 10.9. The van der Waals surface area contributed by atoms with E-state index in [9.17, 15) is 9.59 Å². The predicted octanol–water partition coefficient (Wildman–Crippen LogP) is 8.29. The summed E-state index contributed by atoms with van der Waals surface area (Å²) in [5, 5.41) is 0. The average Bonchev–Trinajstić information content (AvgIpc) is 3.58. The Bertz CT molecular complexity index is 1640. The van der Waals surface area contributed by atoms with Crippen LogP contribution in [0.4, 0.5) is 0 Å². The van der Waals surface area contributed by atoms with Crippen molar-refractivity contribution in [2.45, 2.75) is 52.6 Å². The SMILES string of the molecule is Cc1ccc(/C=C/c2cc[n+](CCN(C)C(=O)CCCSSCCCC(=O)N(C)CCn3ccc(/C=C/c4ccc(C)cc4)c3)cc2)cc1. The van der Waals surface area contributed by atoms with Crippen LogP contribution in [-0.4, -0.2) is 64.9 Å². The Morgan fingerprint density at radius 1 is 0.653 bits per heavy atom. The maximum atomic E-state index is 12.6. The van der Waals surface area contributed by atoms with Crippen LogP contribution < -0.4 is 4.57 Å². The molecule has 2 heterocycles. The molecule has 4 aromatic rings. The van der Waals surface area contributed by atoms with Crippen LogP contribution in [0.15, 0.2) is 91.5 Å². The van der Waals surface area contributed by atoms with Gasteiger partial charge in [-0.15, -0.1) is 0 Å². The zero-order chi connectivity index (χ0) is 34.8. The summed E-state index contributed by atoms with van der Waals surface area (Å²) in [6.07, 6.45) is 19.7. The number of carbonyl (C=O) groups excluding carboxylic acids is 2. The van der Waals surface area contributed by atoms with E-state index in [2.05, 4.69) is 139 Å². The first-order valence-corrected chi connectivity index (χ1v) is 19.6. The summed E-state index contributed by atoms with van der Waals surface area (Å²) in [6.45, 7) is 7.11. The first-order valence-electron chi connectivity index (χ1n) is 17.1. The average molecular weight is 696 g/mol. The fourth-order valence-electron chi connectivity index (χ4n) is 5.01. The molecule has 2 aromatic heterocycles. The Hall–Kier alpha value is -4.01. The smallest absolute Gasteiger partial charge is 0.222 e. The quantitative estimate of drug-likeness (QED) is 0.0563. The van der Waals surface area contributed by atoms with Gasteiger partial charge in [-0.25, -0.2) is 4.57 Å². The van der Waals surface area contributed by atoms with Gasteiger partial charge >= 0.3 is 0 Å². The van der Waals surface area contributed by atoms with E-state index < -0.39 is 0 Å². The lowest BCUT2D eigenvalue weighted by atomic mass is 10.1. The minimum absolute atomic E-state index is 0.187. The zero-order valence-corrected chi connectivity index (χ0v) is 31.1. The molecular weight excluding hydrogens is 645 g/mol. The van der Waals surface area contributed by atoms with Crippen LogP contribution in [-0.2, 0) is 22.7 Å². The van der Waals surface area contributed by atoms with E-state index in [4.69, 9.17) is 0 Å². The monoisotopic (exact) mass is 695 g/mol. The predicted molar refractivity (Wildman–Crippen MR) is 210 cm³/mol. The molecule has 6 nitrogen and oxygen atoms in total. The van der Waals surface area contributed by atoms with E-state index in [0.29, 0.717) is 25.9 Å². The largest absolute Gasteiger partial charge is 0.352 e. The summed E-state index contributed by atoms with van der Waals surface area (Å²) in [4.78, 5) is 28.9. The Labute approximate surface area is 301 Å². The van der Waals surface area contributed by atoms with Crippen molar-refractivity contribution in [3.8, 4) is 0 Å². The Morgan fingerprint density at radius 3 is 1.65 bits per heavy atom. The van der Waals surface area contributed by atoms with Crippen LogP contribution in [0.25, 0.3) is 24.3 Å². The van der Waals surface area contributed by atoms with Gasteiger partial charge in [0, 0.05) is 76.1 Å². The molecular formula is C41H51N4O2S2+. The van der Waals surface area contributed by atoms with Crippen molar-refractivity contribution in [1.82, 2.24) is 14.4 Å². The van der Waals surface area contributed by atoms with Gasteiger partial charge in [-0.2, -0.15) is 0 Å². The van der Waals surface area contributed by atoms with Crippen LogP contribution in [0.2, 0.25) is 0 Å². The second-order valence-electron chi connectivity index (χ2n) is 12.5. The van der Waals surface area contributed by atoms with Crippen molar-refractivity contribution in [2.24, 2.45) is 0 Å². The third kappa shape index (κ3) is 14.2. The van der Waals surface area contributed by atoms with Crippen molar-refractivity contribution in [1.29, 1.82) is 0 Å². The second kappa shape index (κ2) is 20.5. The number of pyridine rings is 1. The van der Waals surface area contributed by atoms with Crippen LogP contribution in [0, 0.1) is 13.8 Å². The van der Waals surface area contributed by atoms with E-state index in [1.165, 1.54) is 22.3 Å². The molecule has 0 saturated carbocycles. The molecule has 258 valence electrons. The summed E-state index contributed by atoms with van der Waals surface area (Å²) in [7, 11) is 7.37. The molecule has 0 N–H and O–H groups in total. The highest BCUT2D eigenvalue weighted by Gasteiger charge is 2.11. The number of carbonyl (C=O) groups is 2. The number of benzene rings is 2. The first kappa shape index (κ1) is 37.8. The van der Waals surface area contributed by atoms with Crippen LogP contribution >= 0.6 is 21.6 Å². The highest BCUT2D eigenvalue weighted by atomic mass is 33.1. The fraction of sp³-hybridized carbons (Fsp3) is 0.341. The molecule has 0 aliphatic heterocycles. The van der Waals surface area contributed by atoms with Gasteiger partial charge < -0.3 is 14.4 Å². The normalized spacial score (nSPS) is 11.4. The van der Waals surface area contributed by atoms with Gasteiger partial charge in [-0.05, 0) is 55.0 Å². The van der Waals surface area contributed by atoms with Gasteiger partial charge in [0.2, 0.25) is 11.8 Å². The van der Waals surface area contributed by atoms with Crippen molar-refractivity contribution in [3.05, 3.63) is 125 Å². The molecule has 0 saturated heterocycles. The summed E-state index contributed by atoms with van der Waals surface area (Å²) < 4.78 is 4.25. The molecule has 2 amide bonds. The maximum Gasteiger partial charge on any atom is 0.222 e. The van der Waals surface area contributed by atoms with E-state index in [0.717, 1.165) is 48.6 Å². The summed E-state index contributed by atoms with van der Waals surface area (Å²) >= 11 is 0. The van der Waals surface area contributed by atoms with Gasteiger partial charge in [0.15, 0.2) is 18.9 Å². The lowest BCUT2D eigenvalue weighted by molar-refractivity contribution is -0.696. The number of hydrogen-bond donors (Lipinski definition) is 0. The van der Waals surface area contributed by atoms with Crippen LogP contribution in [0.1, 0.15) is 59.1 Å². The Balaban J connectivity index is 1.00. The van der Waals surface area contributed by atoms with Crippen molar-refractivity contribution < 1.29 is 14.2 Å². The lowest BCUT2D eigenvalue weighted by Gasteiger charge is -2.17. The molecule has 0 radical (unpaired) electrons. The standard InChI is InChI=1S/C41H51N4O2S2/c1-34-9-13-36(14-10-34)17-18-38-21-24-44(25-22-38)29-27-42(3)40(46)7-5-31-48-49-32-6-8-41(47)43(4)28-30-45-26-23-39(33-45)20-19-37-15-11-35(2)12-16-37/h9-26,33H,5-8,27-32H2,1-4H3/q+1/b18-17+,20-19+. The number of rotatable bonds is 19. The fourth-order valence-corrected chi connectivity index (χ4v) is 7.18. The van der Waals surface area contributed by atoms with Gasteiger partial charge in [0.1, 0.15) is 0 Å². The number of aryl methyl sites for hydroxylation is 2. The van der Waals surface area contributed by atoms with Crippen LogP contribution in [0.3, 0.4) is 0 Å². The maximum absolute atomic E-state index is 12.6. The molecule has 49 heavy (non-hydrogen) atoms. The van der Waals surface area contributed by atoms with Crippen LogP contribution in [0.5, 0.6) is 0 Å². The molecule has 4 rings (SSSR count). The van der Waals surface area contributed by atoms with Gasteiger partial charge in [0.05, 0.1) is 6.54 Å². The molecule has 0 unspecified atom stereocenters. The van der Waals surface area contributed by atoms with E-state index in [1.54, 1.807) is 21.6 Å². The van der Waals surface area contributed by atoms with E-state index >= 15 is 0 Å². The highest BCUT2D eigenvalue weighted by Crippen LogP contribution is 2.24. The molecule has 8 heteroatoms. The molecule has 0 fully saturated rings. The number of likely N-dealkylation sites (N-methyl/N-ethyl adjacent to an activating group) is 2. The summed E-state index contributed by atoms with van der Waals surface area (Å²) in [5.74, 6) is 2.25. The molecule has 2 aromatic carbocycles. The second-order valence-corrected chi connectivity index (χ2v) is 15.2. The molecule has 0 spiro atoms. The van der Waals surface area contributed by atoms with Crippen molar-refractivity contribution >= 4 is 57.7 Å².